The predicted molar refractivity (Wildman–Crippen MR) is 106 cm³/mol. The van der Waals surface area contributed by atoms with E-state index >= 15 is 0 Å². The van der Waals surface area contributed by atoms with Gasteiger partial charge in [-0.25, -0.2) is 4.39 Å². The number of benzene rings is 1. The Morgan fingerprint density at radius 1 is 1.20 bits per heavy atom. The molecule has 1 aliphatic heterocycles. The maximum Gasteiger partial charge on any atom is 0.174 e. The molecule has 1 fully saturated rings. The van der Waals surface area contributed by atoms with Crippen LogP contribution in [0.1, 0.15) is 22.7 Å². The second-order valence-corrected chi connectivity index (χ2v) is 7.86. The lowest BCUT2D eigenvalue weighted by Gasteiger charge is -2.27. The largest absolute Gasteiger partial charge is 0.351 e. The molecule has 1 N–H and O–H groups in total. The number of nitrogens with one attached hydrogen (secondary N) is 1. The number of para-hydroxylation sites is 1. The van der Waals surface area contributed by atoms with Crippen LogP contribution < -0.4 is 10.2 Å². The summed E-state index contributed by atoms with van der Waals surface area (Å²) in [6.07, 6.45) is 1.76. The molecule has 0 saturated carbocycles. The summed E-state index contributed by atoms with van der Waals surface area (Å²) < 4.78 is 15.5. The second-order valence-electron chi connectivity index (χ2n) is 5.62. The van der Waals surface area contributed by atoms with Gasteiger partial charge in [0.15, 0.2) is 5.11 Å². The van der Waals surface area contributed by atoms with Gasteiger partial charge in [-0.2, -0.15) is 0 Å². The molecule has 126 valence electrons. The zero-order chi connectivity index (χ0) is 17.4. The number of hydrogen-bond donors (Lipinski definition) is 1. The summed E-state index contributed by atoms with van der Waals surface area (Å²) in [7, 11) is 0. The molecule has 1 aliphatic rings. The van der Waals surface area contributed by atoms with Crippen molar-refractivity contribution in [2.24, 2.45) is 0 Å². The van der Waals surface area contributed by atoms with Gasteiger partial charge in [-0.1, -0.05) is 18.2 Å². The number of thiophene rings is 1. The van der Waals surface area contributed by atoms with E-state index in [1.54, 1.807) is 29.7 Å². The lowest BCUT2D eigenvalue weighted by Crippen LogP contribution is -2.29. The van der Waals surface area contributed by atoms with Crippen LogP contribution in [0.2, 0.25) is 0 Å². The molecule has 0 bridgehead atoms. The molecule has 0 radical (unpaired) electrons. The first-order valence-electron chi connectivity index (χ1n) is 7.64. The molecule has 25 heavy (non-hydrogen) atoms. The van der Waals surface area contributed by atoms with E-state index < -0.39 is 0 Å². The van der Waals surface area contributed by atoms with Crippen LogP contribution in [0.15, 0.2) is 64.6 Å². The summed E-state index contributed by atoms with van der Waals surface area (Å²) in [5.74, 6) is -0.297. The Hall–Kier alpha value is -1.83. The molecular weight excluding hydrogens is 421 g/mol. The Bertz CT molecular complexity index is 915. The van der Waals surface area contributed by atoms with E-state index in [1.165, 1.54) is 6.07 Å². The molecule has 3 aromatic rings. The van der Waals surface area contributed by atoms with Crippen LogP contribution in [0.3, 0.4) is 0 Å². The van der Waals surface area contributed by atoms with Crippen LogP contribution >= 0.6 is 39.5 Å². The number of rotatable bonds is 3. The number of aromatic nitrogens is 1. The fourth-order valence-electron chi connectivity index (χ4n) is 3.03. The molecule has 2 aromatic heterocycles. The van der Waals surface area contributed by atoms with Gasteiger partial charge in [0.05, 0.1) is 23.5 Å². The summed E-state index contributed by atoms with van der Waals surface area (Å²) in [4.78, 5) is 7.41. The molecule has 0 amide bonds. The molecule has 7 heteroatoms. The summed E-state index contributed by atoms with van der Waals surface area (Å²) in [6, 6.07) is 14.2. The lowest BCUT2D eigenvalue weighted by atomic mass is 10.0. The molecule has 1 aromatic carbocycles. The fourth-order valence-corrected chi connectivity index (χ4v) is 4.94. The van der Waals surface area contributed by atoms with E-state index in [9.17, 15) is 4.39 Å². The quantitative estimate of drug-likeness (QED) is 0.572. The van der Waals surface area contributed by atoms with Crippen molar-refractivity contribution in [1.29, 1.82) is 0 Å². The van der Waals surface area contributed by atoms with Crippen molar-refractivity contribution in [3.63, 3.8) is 0 Å². The van der Waals surface area contributed by atoms with Crippen molar-refractivity contribution >= 4 is 50.3 Å². The van der Waals surface area contributed by atoms with Gasteiger partial charge in [-0.3, -0.25) is 4.98 Å². The lowest BCUT2D eigenvalue weighted by molar-refractivity contribution is 0.564. The minimum Gasteiger partial charge on any atom is -0.351 e. The summed E-state index contributed by atoms with van der Waals surface area (Å²) in [6.45, 7) is 0. The van der Waals surface area contributed by atoms with Crippen molar-refractivity contribution < 1.29 is 4.39 Å². The average Bonchev–Trinajstić information content (AvgIpc) is 3.19. The van der Waals surface area contributed by atoms with Crippen LogP contribution in [0.25, 0.3) is 0 Å². The van der Waals surface area contributed by atoms with Gasteiger partial charge in [0.25, 0.3) is 0 Å². The average molecular weight is 434 g/mol. The maximum absolute atomic E-state index is 14.5. The smallest absolute Gasteiger partial charge is 0.174 e. The second kappa shape index (κ2) is 6.82. The third kappa shape index (κ3) is 3.07. The van der Waals surface area contributed by atoms with Crippen molar-refractivity contribution in [2.45, 2.75) is 12.1 Å². The number of anilines is 1. The zero-order valence-electron chi connectivity index (χ0n) is 12.9. The highest BCUT2D eigenvalue weighted by molar-refractivity contribution is 9.10. The molecule has 2 atom stereocenters. The van der Waals surface area contributed by atoms with E-state index in [2.05, 4.69) is 32.3 Å². The van der Waals surface area contributed by atoms with Crippen molar-refractivity contribution in [2.75, 3.05) is 4.90 Å². The van der Waals surface area contributed by atoms with Gasteiger partial charge < -0.3 is 10.2 Å². The Morgan fingerprint density at radius 3 is 2.68 bits per heavy atom. The maximum atomic E-state index is 14.5. The Morgan fingerprint density at radius 2 is 2.00 bits per heavy atom. The molecule has 4 rings (SSSR count). The normalized spacial score (nSPS) is 19.9. The first kappa shape index (κ1) is 16.6. The standard InChI is InChI=1S/C18H13BrFN3S2/c19-11-9-15(25-10-11)17-16(13-6-3-4-8-21-13)22-18(24)23(17)14-7-2-1-5-12(14)20/h1-10,16-17H,(H,22,24)/t16-,17-/m1/s1. The molecular formula is C18H13BrFN3S2. The highest BCUT2D eigenvalue weighted by Crippen LogP contribution is 2.44. The summed E-state index contributed by atoms with van der Waals surface area (Å²) >= 11 is 10.7. The molecule has 0 spiro atoms. The first-order chi connectivity index (χ1) is 12.1. The van der Waals surface area contributed by atoms with Crippen molar-refractivity contribution in [1.82, 2.24) is 10.3 Å². The number of nitrogens with zero attached hydrogens (tertiary/aromatic N) is 2. The predicted octanol–water partition coefficient (Wildman–Crippen LogP) is 5.22. The molecule has 3 nitrogen and oxygen atoms in total. The third-order valence-electron chi connectivity index (χ3n) is 4.09. The first-order valence-corrected chi connectivity index (χ1v) is 9.72. The Labute approximate surface area is 162 Å². The fraction of sp³-hybridized carbons (Fsp3) is 0.111. The van der Waals surface area contributed by atoms with Gasteiger partial charge in [0.2, 0.25) is 0 Å². The van der Waals surface area contributed by atoms with E-state index in [1.807, 2.05) is 34.5 Å². The van der Waals surface area contributed by atoms with Gasteiger partial charge >= 0.3 is 0 Å². The molecule has 0 aliphatic carbocycles. The summed E-state index contributed by atoms with van der Waals surface area (Å²) in [5, 5.41) is 5.84. The SMILES string of the molecule is Fc1ccccc1N1C(=S)N[C@H](c2ccccn2)[C@H]1c1cc(Br)cs1. The van der Waals surface area contributed by atoms with Crippen LogP contribution in [-0.2, 0) is 0 Å². The Kier molecular flexibility index (Phi) is 4.54. The number of pyridine rings is 1. The van der Waals surface area contributed by atoms with Crippen LogP contribution in [0.4, 0.5) is 10.1 Å². The number of halogens is 2. The minimum atomic E-state index is -0.297. The van der Waals surface area contributed by atoms with Crippen LogP contribution in [0, 0.1) is 5.82 Å². The molecule has 0 unspecified atom stereocenters. The van der Waals surface area contributed by atoms with E-state index in [-0.39, 0.29) is 17.9 Å². The van der Waals surface area contributed by atoms with Crippen molar-refractivity contribution in [3.8, 4) is 0 Å². The third-order valence-corrected chi connectivity index (χ3v) is 6.17. The van der Waals surface area contributed by atoms with E-state index in [4.69, 9.17) is 12.2 Å². The van der Waals surface area contributed by atoms with E-state index in [0.29, 0.717) is 10.8 Å². The monoisotopic (exact) mass is 433 g/mol. The number of thiocarbonyl (C=S) groups is 1. The zero-order valence-corrected chi connectivity index (χ0v) is 16.1. The Balaban J connectivity index is 1.85. The number of hydrogen-bond acceptors (Lipinski definition) is 3. The topological polar surface area (TPSA) is 28.2 Å². The highest BCUT2D eigenvalue weighted by atomic mass is 79.9. The highest BCUT2D eigenvalue weighted by Gasteiger charge is 2.42. The van der Waals surface area contributed by atoms with Crippen molar-refractivity contribution in [3.05, 3.63) is 81.0 Å². The van der Waals surface area contributed by atoms with Crippen LogP contribution in [-0.4, -0.2) is 10.1 Å². The minimum absolute atomic E-state index is 0.154. The summed E-state index contributed by atoms with van der Waals surface area (Å²) in [5.41, 5.74) is 1.34. The van der Waals surface area contributed by atoms with Gasteiger partial charge in [0, 0.05) is 20.9 Å². The molecule has 1 saturated heterocycles. The van der Waals surface area contributed by atoms with Gasteiger partial charge in [0.1, 0.15) is 5.82 Å². The van der Waals surface area contributed by atoms with Crippen LogP contribution in [0.5, 0.6) is 0 Å². The molecule has 3 heterocycles. The van der Waals surface area contributed by atoms with Gasteiger partial charge in [-0.15, -0.1) is 11.3 Å². The van der Waals surface area contributed by atoms with E-state index in [0.717, 1.165) is 15.0 Å². The van der Waals surface area contributed by atoms with Gasteiger partial charge in [-0.05, 0) is 58.5 Å².